The van der Waals surface area contributed by atoms with Gasteiger partial charge in [-0.2, -0.15) is 0 Å². The summed E-state index contributed by atoms with van der Waals surface area (Å²) in [5.74, 6) is -0.796. The number of carbonyl (C=O) groups excluding carboxylic acids is 5. The van der Waals surface area contributed by atoms with Crippen molar-refractivity contribution in [2.75, 3.05) is 73.7 Å². The van der Waals surface area contributed by atoms with E-state index in [4.69, 9.17) is 42.6 Å². The van der Waals surface area contributed by atoms with Crippen LogP contribution < -0.4 is 52.4 Å². The van der Waals surface area contributed by atoms with E-state index in [0.29, 0.717) is 29.2 Å². The van der Waals surface area contributed by atoms with Crippen LogP contribution in [0.2, 0.25) is 0 Å². The molecule has 60 heavy (non-hydrogen) atoms. The lowest BCUT2D eigenvalue weighted by Gasteiger charge is -2.21. The van der Waals surface area contributed by atoms with Crippen molar-refractivity contribution >= 4 is 41.4 Å². The maximum atomic E-state index is 13.6. The lowest BCUT2D eigenvalue weighted by atomic mass is 10.1. The van der Waals surface area contributed by atoms with Gasteiger partial charge >= 0.3 is 11.9 Å². The Balaban J connectivity index is 1.27. The van der Waals surface area contributed by atoms with Crippen molar-refractivity contribution in [1.82, 2.24) is 0 Å². The van der Waals surface area contributed by atoms with E-state index in [9.17, 15) is 24.0 Å². The molecule has 16 nitrogen and oxygen atoms in total. The van der Waals surface area contributed by atoms with Gasteiger partial charge in [-0.15, -0.1) is 0 Å². The van der Waals surface area contributed by atoms with Gasteiger partial charge in [0.05, 0.1) is 55.3 Å². The van der Waals surface area contributed by atoms with E-state index in [-0.39, 0.29) is 68.1 Å². The highest BCUT2D eigenvalue weighted by atomic mass is 16.6. The Bertz CT molecular complexity index is 2430. The second-order valence-corrected chi connectivity index (χ2v) is 12.6. The fourth-order valence-corrected chi connectivity index (χ4v) is 5.96. The van der Waals surface area contributed by atoms with Crippen molar-refractivity contribution in [3.05, 3.63) is 113 Å². The number of hydrogen-bond donors (Lipinski definition) is 0. The number of rotatable bonds is 16. The van der Waals surface area contributed by atoms with Crippen LogP contribution >= 0.6 is 0 Å². The number of carbonyl (C=O) groups is 5. The third-order valence-corrected chi connectivity index (χ3v) is 9.29. The largest absolute Gasteiger partial charge is 0.496 e. The van der Waals surface area contributed by atoms with Gasteiger partial charge in [-0.25, -0.2) is 9.59 Å². The molecule has 0 aliphatic carbocycles. The zero-order valence-electron chi connectivity index (χ0n) is 34.3. The minimum Gasteiger partial charge on any atom is -0.496 e. The number of amides is 2. The highest BCUT2D eigenvalue weighted by Crippen LogP contribution is 2.37. The number of methoxy groups -OCH3 is 7. The summed E-state index contributed by atoms with van der Waals surface area (Å²) in [6.07, 6.45) is 0.496. The maximum absolute atomic E-state index is 13.6. The first-order chi connectivity index (χ1) is 28.9. The van der Waals surface area contributed by atoms with Crippen molar-refractivity contribution in [3.63, 3.8) is 0 Å². The van der Waals surface area contributed by atoms with E-state index in [1.807, 2.05) is 0 Å². The van der Waals surface area contributed by atoms with Crippen LogP contribution in [0.15, 0.2) is 84.9 Å². The van der Waals surface area contributed by atoms with Crippen LogP contribution in [0.3, 0.4) is 0 Å². The lowest BCUT2D eigenvalue weighted by Crippen LogP contribution is -2.27. The molecule has 0 aromatic heterocycles. The highest BCUT2D eigenvalue weighted by molar-refractivity contribution is 6.08. The van der Waals surface area contributed by atoms with Crippen molar-refractivity contribution in [2.24, 2.45) is 0 Å². The molecule has 5 aromatic carbocycles. The van der Waals surface area contributed by atoms with E-state index in [2.05, 4.69) is 0 Å². The van der Waals surface area contributed by atoms with Gasteiger partial charge in [0.2, 0.25) is 0 Å². The standard InChI is InChI=1S/C44H42N2O14/c1-45(41(48)25-10-16-32(35(18-25)53-4)59-43(50)30-21-38(56-7)37(55-6)20-27(30)24-47)28-12-14-29(15-13-28)46(2)42(49)26-11-17-33(36(19-26)54-5)60-44(51)31-22-39(57-8)40(58-9)23-34(31)52-3/h10-24H,1-9H3. The van der Waals surface area contributed by atoms with Crippen LogP contribution in [0.25, 0.3) is 0 Å². The van der Waals surface area contributed by atoms with Crippen molar-refractivity contribution in [2.45, 2.75) is 0 Å². The van der Waals surface area contributed by atoms with Gasteiger partial charge in [0, 0.05) is 54.3 Å². The number of aldehydes is 1. The lowest BCUT2D eigenvalue weighted by molar-refractivity contribution is 0.0717. The van der Waals surface area contributed by atoms with Gasteiger partial charge in [-0.1, -0.05) is 0 Å². The molecule has 0 aliphatic rings. The Morgan fingerprint density at radius 2 is 0.767 bits per heavy atom. The number of esters is 2. The van der Waals surface area contributed by atoms with E-state index in [0.717, 1.165) is 0 Å². The molecule has 0 saturated heterocycles. The fraction of sp³-hybridized carbons (Fsp3) is 0.205. The van der Waals surface area contributed by atoms with Crippen molar-refractivity contribution in [3.8, 4) is 51.7 Å². The summed E-state index contributed by atoms with van der Waals surface area (Å²) in [5.41, 5.74) is 1.52. The van der Waals surface area contributed by atoms with Gasteiger partial charge in [-0.05, 0) is 72.8 Å². The molecule has 0 unspecified atom stereocenters. The summed E-state index contributed by atoms with van der Waals surface area (Å²) >= 11 is 0. The number of ether oxygens (including phenoxy) is 9. The van der Waals surface area contributed by atoms with Crippen LogP contribution in [0.5, 0.6) is 51.7 Å². The van der Waals surface area contributed by atoms with E-state index >= 15 is 0 Å². The SMILES string of the molecule is COc1cc(C=O)c(C(=O)Oc2ccc(C(=O)N(C)c3ccc(N(C)C(=O)c4ccc(OC(=O)c5cc(OC)c(OC)cc5OC)c(OC)c4)cc3)cc2OC)cc1OC. The molecule has 0 atom stereocenters. The second-order valence-electron chi connectivity index (χ2n) is 12.6. The zero-order chi connectivity index (χ0) is 43.7. The zero-order valence-corrected chi connectivity index (χ0v) is 34.3. The van der Waals surface area contributed by atoms with Gasteiger partial charge in [-0.3, -0.25) is 14.4 Å². The minimum absolute atomic E-state index is 0.00828. The Hall–Kier alpha value is -7.75. The third-order valence-electron chi connectivity index (χ3n) is 9.29. The Morgan fingerprint density at radius 1 is 0.417 bits per heavy atom. The van der Waals surface area contributed by atoms with E-state index in [1.54, 1.807) is 38.4 Å². The maximum Gasteiger partial charge on any atom is 0.347 e. The van der Waals surface area contributed by atoms with Crippen LogP contribution in [0.4, 0.5) is 11.4 Å². The first-order valence-electron chi connectivity index (χ1n) is 17.8. The first-order valence-corrected chi connectivity index (χ1v) is 17.8. The summed E-state index contributed by atoms with van der Waals surface area (Å²) in [6, 6.07) is 21.0. The normalized spacial score (nSPS) is 10.4. The molecule has 16 heteroatoms. The molecule has 0 N–H and O–H groups in total. The molecule has 0 spiro atoms. The van der Waals surface area contributed by atoms with Gasteiger partial charge in [0.25, 0.3) is 11.8 Å². The molecule has 0 heterocycles. The molecular weight excluding hydrogens is 780 g/mol. The Kier molecular flexibility index (Phi) is 13.8. The molecule has 0 aliphatic heterocycles. The van der Waals surface area contributed by atoms with Crippen LogP contribution in [0, 0.1) is 0 Å². The number of benzene rings is 5. The van der Waals surface area contributed by atoms with Crippen LogP contribution in [-0.4, -0.2) is 93.9 Å². The Labute approximate surface area is 345 Å². The second kappa shape index (κ2) is 19.1. The highest BCUT2D eigenvalue weighted by Gasteiger charge is 2.25. The third kappa shape index (κ3) is 9.02. The quantitative estimate of drug-likeness (QED) is 0.0595. The minimum atomic E-state index is -0.860. The van der Waals surface area contributed by atoms with E-state index in [1.165, 1.54) is 120 Å². The molecule has 312 valence electrons. The number of anilines is 2. The molecule has 0 saturated carbocycles. The van der Waals surface area contributed by atoms with Gasteiger partial charge in [0.15, 0.2) is 52.3 Å². The van der Waals surface area contributed by atoms with Crippen LogP contribution in [0.1, 0.15) is 51.8 Å². The van der Waals surface area contributed by atoms with Gasteiger partial charge in [0.1, 0.15) is 11.3 Å². The summed E-state index contributed by atoms with van der Waals surface area (Å²) < 4.78 is 48.5. The summed E-state index contributed by atoms with van der Waals surface area (Å²) in [7, 11) is 13.0. The summed E-state index contributed by atoms with van der Waals surface area (Å²) in [6.45, 7) is 0. The summed E-state index contributed by atoms with van der Waals surface area (Å²) in [4.78, 5) is 68.1. The van der Waals surface area contributed by atoms with Crippen molar-refractivity contribution in [1.29, 1.82) is 0 Å². The Morgan fingerprint density at radius 3 is 1.17 bits per heavy atom. The molecule has 5 aromatic rings. The average molecular weight is 823 g/mol. The molecule has 0 radical (unpaired) electrons. The topological polar surface area (TPSA) is 175 Å². The van der Waals surface area contributed by atoms with Gasteiger partial charge < -0.3 is 52.4 Å². The van der Waals surface area contributed by atoms with Crippen LogP contribution in [-0.2, 0) is 0 Å². The molecule has 0 bridgehead atoms. The summed E-state index contributed by atoms with van der Waals surface area (Å²) in [5, 5.41) is 0. The number of hydrogen-bond acceptors (Lipinski definition) is 14. The monoisotopic (exact) mass is 822 g/mol. The molecule has 0 fully saturated rings. The molecular formula is C44H42N2O14. The predicted molar refractivity (Wildman–Crippen MR) is 219 cm³/mol. The predicted octanol–water partition coefficient (Wildman–Crippen LogP) is 6.55. The van der Waals surface area contributed by atoms with E-state index < -0.39 is 23.8 Å². The fourth-order valence-electron chi connectivity index (χ4n) is 5.96. The average Bonchev–Trinajstić information content (AvgIpc) is 3.29. The molecule has 5 rings (SSSR count). The number of nitrogens with zero attached hydrogens (tertiary/aromatic N) is 2. The van der Waals surface area contributed by atoms with Crippen molar-refractivity contribution < 1.29 is 66.6 Å². The first kappa shape index (κ1) is 43.4. The molecule has 2 amide bonds. The smallest absolute Gasteiger partial charge is 0.347 e.